The molecule has 0 amide bonds. The largest absolute Gasteiger partial charge is 0.384 e. The lowest BCUT2D eigenvalue weighted by molar-refractivity contribution is -0.307. The molecule has 3 nitrogen and oxygen atoms in total. The standard InChI is InChI=1S/C25H34N2O/c1-19-11-13-20(14-12-19)25(28)23(2,3)22(24(25,4)5)27-17-15-26(16-18-27)21-9-7-6-8-10-21/h6-14,22,28H,15-18H2,1-5H3. The van der Waals surface area contributed by atoms with Gasteiger partial charge in [-0.3, -0.25) is 4.90 Å². The van der Waals surface area contributed by atoms with Crippen LogP contribution in [-0.2, 0) is 5.60 Å². The van der Waals surface area contributed by atoms with E-state index in [1.807, 2.05) is 0 Å². The van der Waals surface area contributed by atoms with Crippen molar-refractivity contribution < 1.29 is 5.11 Å². The molecule has 0 aromatic heterocycles. The van der Waals surface area contributed by atoms with Crippen molar-refractivity contribution in [1.82, 2.24) is 4.90 Å². The molecule has 1 aliphatic heterocycles. The monoisotopic (exact) mass is 378 g/mol. The average molecular weight is 379 g/mol. The minimum atomic E-state index is -0.824. The summed E-state index contributed by atoms with van der Waals surface area (Å²) in [6, 6.07) is 19.5. The van der Waals surface area contributed by atoms with Crippen molar-refractivity contribution in [3.63, 3.8) is 0 Å². The predicted octanol–water partition coefficient (Wildman–Crippen LogP) is 4.44. The molecule has 4 rings (SSSR count). The number of aliphatic hydroxyl groups is 1. The zero-order chi connectivity index (χ0) is 20.2. The number of hydrogen-bond donors (Lipinski definition) is 1. The van der Waals surface area contributed by atoms with Crippen molar-refractivity contribution in [2.24, 2.45) is 10.8 Å². The van der Waals surface area contributed by atoms with Crippen molar-refractivity contribution >= 4 is 5.69 Å². The molecule has 0 spiro atoms. The lowest BCUT2D eigenvalue weighted by atomic mass is 9.39. The molecule has 2 aromatic rings. The van der Waals surface area contributed by atoms with Gasteiger partial charge in [-0.1, -0.05) is 75.7 Å². The Balaban J connectivity index is 1.54. The Hall–Kier alpha value is -1.84. The minimum Gasteiger partial charge on any atom is -0.384 e. The van der Waals surface area contributed by atoms with Crippen LogP contribution in [0.2, 0.25) is 0 Å². The van der Waals surface area contributed by atoms with Crippen LogP contribution in [0.5, 0.6) is 0 Å². The molecule has 0 unspecified atom stereocenters. The molecular formula is C25H34N2O. The normalized spacial score (nSPS) is 29.4. The van der Waals surface area contributed by atoms with Crippen molar-refractivity contribution in [1.29, 1.82) is 0 Å². The lowest BCUT2D eigenvalue weighted by Gasteiger charge is -2.72. The first-order chi connectivity index (χ1) is 13.2. The Bertz CT molecular complexity index is 801. The van der Waals surface area contributed by atoms with Crippen LogP contribution < -0.4 is 4.90 Å². The maximum Gasteiger partial charge on any atom is 0.103 e. The highest BCUT2D eigenvalue weighted by Crippen LogP contribution is 2.68. The van der Waals surface area contributed by atoms with Crippen molar-refractivity contribution in [2.75, 3.05) is 31.1 Å². The molecule has 2 aromatic carbocycles. The Labute approximate surface area is 170 Å². The molecule has 2 fully saturated rings. The van der Waals surface area contributed by atoms with Gasteiger partial charge >= 0.3 is 0 Å². The Kier molecular flexibility index (Phi) is 4.59. The van der Waals surface area contributed by atoms with Gasteiger partial charge in [-0.2, -0.15) is 0 Å². The van der Waals surface area contributed by atoms with E-state index in [1.165, 1.54) is 11.3 Å². The van der Waals surface area contributed by atoms with Crippen LogP contribution >= 0.6 is 0 Å². The Morgan fingerprint density at radius 1 is 0.786 bits per heavy atom. The first-order valence-corrected chi connectivity index (χ1v) is 10.5. The van der Waals surface area contributed by atoms with Gasteiger partial charge < -0.3 is 10.0 Å². The van der Waals surface area contributed by atoms with Gasteiger partial charge in [0.1, 0.15) is 5.60 Å². The van der Waals surface area contributed by atoms with E-state index in [1.54, 1.807) is 0 Å². The SMILES string of the molecule is Cc1ccc(C2(O)C(C)(C)C(N3CCN(c4ccccc4)CC3)C2(C)C)cc1. The maximum atomic E-state index is 11.9. The third-order valence-corrected chi connectivity index (χ3v) is 7.50. The van der Waals surface area contributed by atoms with Crippen LogP contribution in [0.4, 0.5) is 5.69 Å². The summed E-state index contributed by atoms with van der Waals surface area (Å²) in [5, 5.41) is 11.9. The fraction of sp³-hybridized carbons (Fsp3) is 0.520. The highest BCUT2D eigenvalue weighted by Gasteiger charge is 2.73. The number of para-hydroxylation sites is 1. The summed E-state index contributed by atoms with van der Waals surface area (Å²) in [5.41, 5.74) is 2.35. The number of piperazine rings is 1. The van der Waals surface area contributed by atoms with E-state index in [0.717, 1.165) is 31.7 Å². The average Bonchev–Trinajstić information content (AvgIpc) is 2.68. The Morgan fingerprint density at radius 3 is 1.86 bits per heavy atom. The van der Waals surface area contributed by atoms with Gasteiger partial charge in [0.2, 0.25) is 0 Å². The van der Waals surface area contributed by atoms with Gasteiger partial charge in [0.25, 0.3) is 0 Å². The topological polar surface area (TPSA) is 26.7 Å². The molecule has 150 valence electrons. The summed E-state index contributed by atoms with van der Waals surface area (Å²) in [5.74, 6) is 0. The van der Waals surface area contributed by atoms with Crippen LogP contribution in [-0.4, -0.2) is 42.2 Å². The lowest BCUT2D eigenvalue weighted by Crippen LogP contribution is -2.79. The summed E-state index contributed by atoms with van der Waals surface area (Å²) in [6.07, 6.45) is 0. The van der Waals surface area contributed by atoms with E-state index >= 15 is 0 Å². The highest BCUT2D eigenvalue weighted by atomic mass is 16.3. The highest BCUT2D eigenvalue weighted by molar-refractivity contribution is 5.46. The van der Waals surface area contributed by atoms with E-state index in [9.17, 15) is 5.11 Å². The second kappa shape index (κ2) is 6.60. The van der Waals surface area contributed by atoms with E-state index in [2.05, 4.69) is 99.0 Å². The van der Waals surface area contributed by atoms with Crippen molar-refractivity contribution in [3.05, 3.63) is 65.7 Å². The molecule has 28 heavy (non-hydrogen) atoms. The molecule has 1 aliphatic carbocycles. The molecule has 0 radical (unpaired) electrons. The second-order valence-electron chi connectivity index (χ2n) is 9.78. The minimum absolute atomic E-state index is 0.208. The van der Waals surface area contributed by atoms with Crippen LogP contribution in [0.1, 0.15) is 38.8 Å². The predicted molar refractivity (Wildman–Crippen MR) is 117 cm³/mol. The maximum absolute atomic E-state index is 11.9. The smallest absolute Gasteiger partial charge is 0.103 e. The van der Waals surface area contributed by atoms with Crippen LogP contribution in [0, 0.1) is 17.8 Å². The zero-order valence-corrected chi connectivity index (χ0v) is 17.9. The Morgan fingerprint density at radius 2 is 1.32 bits per heavy atom. The number of benzene rings is 2. The van der Waals surface area contributed by atoms with Gasteiger partial charge in [-0.05, 0) is 24.6 Å². The number of rotatable bonds is 3. The van der Waals surface area contributed by atoms with Gasteiger partial charge in [0.15, 0.2) is 0 Å². The molecule has 0 bridgehead atoms. The third kappa shape index (κ3) is 2.63. The van der Waals surface area contributed by atoms with Crippen LogP contribution in [0.3, 0.4) is 0 Å². The van der Waals surface area contributed by atoms with Crippen molar-refractivity contribution in [2.45, 2.75) is 46.3 Å². The van der Waals surface area contributed by atoms with Crippen LogP contribution in [0.25, 0.3) is 0 Å². The molecule has 2 aliphatic rings. The van der Waals surface area contributed by atoms with Crippen LogP contribution in [0.15, 0.2) is 54.6 Å². The third-order valence-electron chi connectivity index (χ3n) is 7.50. The summed E-state index contributed by atoms with van der Waals surface area (Å²) in [4.78, 5) is 5.09. The van der Waals surface area contributed by atoms with Gasteiger partial charge in [0, 0.05) is 48.7 Å². The molecular weight excluding hydrogens is 344 g/mol. The number of nitrogens with zero attached hydrogens (tertiary/aromatic N) is 2. The molecule has 1 heterocycles. The fourth-order valence-corrected chi connectivity index (χ4v) is 6.38. The summed E-state index contributed by atoms with van der Waals surface area (Å²) in [7, 11) is 0. The molecule has 1 saturated heterocycles. The first-order valence-electron chi connectivity index (χ1n) is 10.5. The summed E-state index contributed by atoms with van der Waals surface area (Å²) in [6.45, 7) is 15.2. The zero-order valence-electron chi connectivity index (χ0n) is 17.9. The number of hydrogen-bond acceptors (Lipinski definition) is 3. The molecule has 1 saturated carbocycles. The number of aryl methyl sites for hydroxylation is 1. The van der Waals surface area contributed by atoms with Gasteiger partial charge in [-0.25, -0.2) is 0 Å². The van der Waals surface area contributed by atoms with E-state index in [4.69, 9.17) is 0 Å². The van der Waals surface area contributed by atoms with E-state index in [0.29, 0.717) is 6.04 Å². The molecule has 1 N–H and O–H groups in total. The summed E-state index contributed by atoms with van der Waals surface area (Å²) < 4.78 is 0. The number of anilines is 1. The van der Waals surface area contributed by atoms with E-state index < -0.39 is 5.60 Å². The van der Waals surface area contributed by atoms with Gasteiger partial charge in [0.05, 0.1) is 0 Å². The quantitative estimate of drug-likeness (QED) is 0.855. The molecule has 0 atom stereocenters. The second-order valence-corrected chi connectivity index (χ2v) is 9.78. The van der Waals surface area contributed by atoms with Crippen molar-refractivity contribution in [3.8, 4) is 0 Å². The first kappa shape index (κ1) is 19.5. The fourth-order valence-electron chi connectivity index (χ4n) is 6.38. The van der Waals surface area contributed by atoms with Gasteiger partial charge in [-0.15, -0.1) is 0 Å². The molecule has 3 heteroatoms. The summed E-state index contributed by atoms with van der Waals surface area (Å²) >= 11 is 0. The van der Waals surface area contributed by atoms with E-state index in [-0.39, 0.29) is 10.8 Å².